The van der Waals surface area contributed by atoms with E-state index in [0.29, 0.717) is 17.1 Å². The van der Waals surface area contributed by atoms with Gasteiger partial charge in [-0.25, -0.2) is 0 Å². The number of H-pyrrole nitrogens is 2. The molecule has 0 amide bonds. The summed E-state index contributed by atoms with van der Waals surface area (Å²) >= 11 is 11.5. The minimum absolute atomic E-state index is 0.0332. The average Bonchev–Trinajstić information content (AvgIpc) is 3.16. The summed E-state index contributed by atoms with van der Waals surface area (Å²) in [5, 5.41) is 12.4. The van der Waals surface area contributed by atoms with Crippen LogP contribution >= 0.6 is 23.8 Å². The third-order valence-corrected chi connectivity index (χ3v) is 5.83. The van der Waals surface area contributed by atoms with Crippen LogP contribution in [0.15, 0.2) is 64.5 Å². The van der Waals surface area contributed by atoms with Crippen LogP contribution in [0.2, 0.25) is 5.02 Å². The minimum atomic E-state index is -0.503. The maximum atomic E-state index is 12.5. The lowest BCUT2D eigenvalue weighted by atomic mass is 10.0. The molecule has 0 saturated heterocycles. The molecular weight excluding hydrogens is 432 g/mol. The first-order chi connectivity index (χ1) is 15.0. The number of aromatic nitrogens is 3. The van der Waals surface area contributed by atoms with Crippen LogP contribution in [0.1, 0.15) is 24.5 Å². The van der Waals surface area contributed by atoms with Crippen molar-refractivity contribution in [3.63, 3.8) is 0 Å². The highest BCUT2D eigenvalue weighted by molar-refractivity contribution is 7.71. The maximum Gasteiger partial charge on any atom is 0.264 e. The molecule has 0 saturated carbocycles. The van der Waals surface area contributed by atoms with E-state index in [2.05, 4.69) is 21.0 Å². The molecule has 8 heteroatoms. The Balaban J connectivity index is 1.69. The molecule has 4 aromatic rings. The Morgan fingerprint density at radius 3 is 2.74 bits per heavy atom. The van der Waals surface area contributed by atoms with Crippen molar-refractivity contribution < 1.29 is 5.11 Å². The molecule has 2 aromatic carbocycles. The van der Waals surface area contributed by atoms with Crippen LogP contribution in [0.3, 0.4) is 0 Å². The Morgan fingerprint density at radius 1 is 1.23 bits per heavy atom. The normalized spacial score (nSPS) is 12.6. The fourth-order valence-corrected chi connectivity index (χ4v) is 4.05. The molecule has 0 aliphatic carbocycles. The quantitative estimate of drug-likeness (QED) is 0.278. The molecule has 0 bridgehead atoms. The number of aromatic amines is 2. The van der Waals surface area contributed by atoms with Crippen LogP contribution in [0, 0.1) is 4.77 Å². The van der Waals surface area contributed by atoms with E-state index >= 15 is 0 Å². The molecule has 2 aromatic heterocycles. The molecule has 0 radical (unpaired) electrons. The fraction of sp³-hybridized carbons (Fsp3) is 0.174. The first-order valence-corrected chi connectivity index (χ1v) is 10.7. The fourth-order valence-electron chi connectivity index (χ4n) is 3.55. The van der Waals surface area contributed by atoms with Gasteiger partial charge in [0.05, 0.1) is 16.8 Å². The van der Waals surface area contributed by atoms with Gasteiger partial charge in [-0.05, 0) is 48.8 Å². The zero-order valence-electron chi connectivity index (χ0n) is 16.8. The summed E-state index contributed by atoms with van der Waals surface area (Å²) in [4.78, 5) is 23.0. The van der Waals surface area contributed by atoms with Crippen molar-refractivity contribution >= 4 is 40.9 Å². The van der Waals surface area contributed by atoms with Gasteiger partial charge in [-0.2, -0.15) is 0 Å². The number of nitrogens with zero attached hydrogens (tertiary/aromatic N) is 2. The molecule has 4 rings (SSSR count). The Labute approximate surface area is 188 Å². The molecule has 0 fully saturated rings. The van der Waals surface area contributed by atoms with Gasteiger partial charge in [0.25, 0.3) is 5.56 Å². The van der Waals surface area contributed by atoms with Crippen molar-refractivity contribution in [2.24, 2.45) is 4.99 Å². The smallest absolute Gasteiger partial charge is 0.264 e. The number of halogens is 1. The third-order valence-electron chi connectivity index (χ3n) is 5.23. The van der Waals surface area contributed by atoms with Gasteiger partial charge in [-0.15, -0.1) is 0 Å². The summed E-state index contributed by atoms with van der Waals surface area (Å²) in [5.41, 5.74) is 2.24. The van der Waals surface area contributed by atoms with Crippen LogP contribution < -0.4 is 5.56 Å². The predicted octanol–water partition coefficient (Wildman–Crippen LogP) is 5.18. The molecule has 0 aliphatic heterocycles. The molecular formula is C23H21ClN4O2S. The van der Waals surface area contributed by atoms with Crippen LogP contribution in [0.5, 0.6) is 5.88 Å². The van der Waals surface area contributed by atoms with Crippen molar-refractivity contribution in [3.8, 4) is 11.6 Å². The first kappa shape index (κ1) is 21.1. The molecule has 1 atom stereocenters. The second kappa shape index (κ2) is 8.91. The Kier molecular flexibility index (Phi) is 6.06. The van der Waals surface area contributed by atoms with Gasteiger partial charge in [0.1, 0.15) is 5.56 Å². The standard InChI is InChI=1S/C23H21ClN4O2S/c1-2-15(11-14-12-26-19-9-5-3-7-16(14)19)25-13-17-21(29)27-23(31)28(22(17)30)20-10-6-4-8-18(20)24/h3-10,12-13,15,26,30H,2,11H2,1H3,(H,27,29,31). The van der Waals surface area contributed by atoms with E-state index in [9.17, 15) is 9.90 Å². The lowest BCUT2D eigenvalue weighted by Crippen LogP contribution is -2.19. The van der Waals surface area contributed by atoms with E-state index in [1.54, 1.807) is 24.3 Å². The van der Waals surface area contributed by atoms with E-state index in [0.717, 1.165) is 22.9 Å². The van der Waals surface area contributed by atoms with Crippen LogP contribution in [0.4, 0.5) is 0 Å². The molecule has 31 heavy (non-hydrogen) atoms. The molecule has 0 spiro atoms. The van der Waals surface area contributed by atoms with Gasteiger partial charge < -0.3 is 10.1 Å². The van der Waals surface area contributed by atoms with Gasteiger partial charge in [0.15, 0.2) is 4.77 Å². The van der Waals surface area contributed by atoms with Crippen molar-refractivity contribution in [2.75, 3.05) is 0 Å². The van der Waals surface area contributed by atoms with Gasteiger partial charge >= 0.3 is 0 Å². The number of para-hydroxylation sites is 2. The highest BCUT2D eigenvalue weighted by atomic mass is 35.5. The Morgan fingerprint density at radius 2 is 1.97 bits per heavy atom. The molecule has 0 aliphatic rings. The maximum absolute atomic E-state index is 12.5. The zero-order chi connectivity index (χ0) is 22.0. The number of benzene rings is 2. The lowest BCUT2D eigenvalue weighted by Gasteiger charge is -2.13. The number of hydrogen-bond acceptors (Lipinski definition) is 4. The number of aromatic hydroxyl groups is 1. The first-order valence-electron chi connectivity index (χ1n) is 9.91. The van der Waals surface area contributed by atoms with Crippen molar-refractivity contribution in [2.45, 2.75) is 25.8 Å². The van der Waals surface area contributed by atoms with Crippen LogP contribution in [0.25, 0.3) is 16.6 Å². The topological polar surface area (TPSA) is 86.2 Å². The number of fused-ring (bicyclic) bond motifs is 1. The van der Waals surface area contributed by atoms with E-state index in [-0.39, 0.29) is 22.3 Å². The highest BCUT2D eigenvalue weighted by Crippen LogP contribution is 2.25. The zero-order valence-corrected chi connectivity index (χ0v) is 18.4. The summed E-state index contributed by atoms with van der Waals surface area (Å²) in [6, 6.07) is 15.0. The van der Waals surface area contributed by atoms with E-state index < -0.39 is 5.56 Å². The summed E-state index contributed by atoms with van der Waals surface area (Å²) in [6.07, 6.45) is 4.89. The largest absolute Gasteiger partial charge is 0.494 e. The van der Waals surface area contributed by atoms with Gasteiger partial charge in [-0.1, -0.05) is 48.9 Å². The molecule has 2 heterocycles. The molecule has 158 valence electrons. The van der Waals surface area contributed by atoms with Gasteiger partial charge in [0.2, 0.25) is 5.88 Å². The van der Waals surface area contributed by atoms with E-state index in [4.69, 9.17) is 23.8 Å². The number of hydrogen-bond donors (Lipinski definition) is 3. The molecule has 1 unspecified atom stereocenters. The van der Waals surface area contributed by atoms with Crippen molar-refractivity contribution in [1.29, 1.82) is 0 Å². The summed E-state index contributed by atoms with van der Waals surface area (Å²) in [5.74, 6) is -0.299. The predicted molar refractivity (Wildman–Crippen MR) is 128 cm³/mol. The lowest BCUT2D eigenvalue weighted by molar-refractivity contribution is 0.432. The average molecular weight is 453 g/mol. The minimum Gasteiger partial charge on any atom is -0.494 e. The van der Waals surface area contributed by atoms with Gasteiger partial charge in [-0.3, -0.25) is 19.3 Å². The summed E-state index contributed by atoms with van der Waals surface area (Å²) < 4.78 is 1.39. The SMILES string of the molecule is CCC(Cc1c[nH]c2ccccc12)N=Cc1c(O)n(-c2ccccc2Cl)c(=S)[nH]c1=O. The molecule has 3 N–H and O–H groups in total. The summed E-state index contributed by atoms with van der Waals surface area (Å²) in [7, 11) is 0. The number of nitrogens with one attached hydrogen (secondary N) is 2. The van der Waals surface area contributed by atoms with Crippen LogP contribution in [-0.2, 0) is 6.42 Å². The highest BCUT2D eigenvalue weighted by Gasteiger charge is 2.15. The Hall–Kier alpha value is -3.16. The monoisotopic (exact) mass is 452 g/mol. The second-order valence-electron chi connectivity index (χ2n) is 7.19. The van der Waals surface area contributed by atoms with Crippen molar-refractivity contribution in [1.82, 2.24) is 14.5 Å². The van der Waals surface area contributed by atoms with E-state index in [1.807, 2.05) is 31.3 Å². The van der Waals surface area contributed by atoms with E-state index in [1.165, 1.54) is 10.8 Å². The van der Waals surface area contributed by atoms with Crippen molar-refractivity contribution in [3.05, 3.63) is 86.0 Å². The number of rotatable bonds is 6. The second-order valence-corrected chi connectivity index (χ2v) is 7.98. The van der Waals surface area contributed by atoms with Crippen LogP contribution in [-0.4, -0.2) is 31.9 Å². The Bertz CT molecular complexity index is 1390. The van der Waals surface area contributed by atoms with Gasteiger partial charge in [0, 0.05) is 23.3 Å². The third kappa shape index (κ3) is 4.19. The summed E-state index contributed by atoms with van der Waals surface area (Å²) in [6.45, 7) is 2.04. The number of aliphatic imine (C=N–C) groups is 1. The molecule has 6 nitrogen and oxygen atoms in total.